The van der Waals surface area contributed by atoms with E-state index in [1.54, 1.807) is 6.20 Å². The van der Waals surface area contributed by atoms with Gasteiger partial charge in [-0.2, -0.15) is 0 Å². The molecule has 0 aliphatic heterocycles. The molecule has 14 heavy (non-hydrogen) atoms. The van der Waals surface area contributed by atoms with Crippen LogP contribution in [0.15, 0.2) is 29.6 Å². The van der Waals surface area contributed by atoms with Gasteiger partial charge in [0.1, 0.15) is 5.82 Å². The third-order valence-electron chi connectivity index (χ3n) is 1.85. The summed E-state index contributed by atoms with van der Waals surface area (Å²) in [5, 5.41) is 0. The molecule has 0 saturated carbocycles. The summed E-state index contributed by atoms with van der Waals surface area (Å²) in [6.45, 7) is 5.93. The van der Waals surface area contributed by atoms with Gasteiger partial charge >= 0.3 is 0 Å². The Morgan fingerprint density at radius 2 is 2.00 bits per heavy atom. The van der Waals surface area contributed by atoms with Gasteiger partial charge in [-0.15, -0.1) is 0 Å². The molecule has 0 saturated heterocycles. The highest BCUT2D eigenvalue weighted by Crippen LogP contribution is 2.02. The summed E-state index contributed by atoms with van der Waals surface area (Å²) in [5.41, 5.74) is 2.78. The van der Waals surface area contributed by atoms with Crippen molar-refractivity contribution in [1.82, 2.24) is 4.98 Å². The van der Waals surface area contributed by atoms with E-state index in [4.69, 9.17) is 0 Å². The normalized spacial score (nSPS) is 8.86. The summed E-state index contributed by atoms with van der Waals surface area (Å²) in [7, 11) is 0. The lowest BCUT2D eigenvalue weighted by molar-refractivity contribution is 0.621. The molecular formula is C12H12FN. The van der Waals surface area contributed by atoms with Crippen LogP contribution in [0.25, 0.3) is 0 Å². The zero-order valence-electron chi connectivity index (χ0n) is 8.56. The average molecular weight is 189 g/mol. The molecule has 1 aromatic heterocycles. The molecule has 1 rings (SSSR count). The molecule has 0 aliphatic rings. The molecule has 0 radical (unpaired) electrons. The Kier molecular flexibility index (Phi) is 3.41. The number of pyridine rings is 1. The number of allylic oxidation sites excluding steroid dienone is 2. The monoisotopic (exact) mass is 189 g/mol. The highest BCUT2D eigenvalue weighted by atomic mass is 19.1. The lowest BCUT2D eigenvalue weighted by Gasteiger charge is -1.92. The van der Waals surface area contributed by atoms with E-state index in [1.165, 1.54) is 17.8 Å². The molecule has 0 bridgehead atoms. The molecule has 0 atom stereocenters. The van der Waals surface area contributed by atoms with Crippen molar-refractivity contribution in [3.8, 4) is 11.8 Å². The van der Waals surface area contributed by atoms with Gasteiger partial charge in [-0.3, -0.25) is 4.98 Å². The first-order valence-electron chi connectivity index (χ1n) is 4.36. The van der Waals surface area contributed by atoms with Crippen molar-refractivity contribution in [1.29, 1.82) is 0 Å². The van der Waals surface area contributed by atoms with Gasteiger partial charge in [-0.1, -0.05) is 17.4 Å². The Labute approximate surface area is 83.7 Å². The maximum atomic E-state index is 12.7. The molecule has 0 unspecified atom stereocenters. The van der Waals surface area contributed by atoms with Crippen LogP contribution in [0.5, 0.6) is 0 Å². The van der Waals surface area contributed by atoms with Crippen molar-refractivity contribution in [2.45, 2.75) is 20.8 Å². The molecule has 0 aromatic carbocycles. The first-order valence-corrected chi connectivity index (χ1v) is 4.36. The molecule has 1 heterocycles. The minimum Gasteiger partial charge on any atom is -0.260 e. The van der Waals surface area contributed by atoms with Crippen LogP contribution >= 0.6 is 0 Å². The third kappa shape index (κ3) is 3.02. The molecule has 1 aromatic rings. The van der Waals surface area contributed by atoms with E-state index < -0.39 is 0 Å². The van der Waals surface area contributed by atoms with Crippen LogP contribution in [0, 0.1) is 17.7 Å². The summed E-state index contributed by atoms with van der Waals surface area (Å²) in [5.74, 6) is 5.45. The average Bonchev–Trinajstić information content (AvgIpc) is 2.14. The Morgan fingerprint density at radius 3 is 2.57 bits per heavy atom. The van der Waals surface area contributed by atoms with Crippen LogP contribution in [0.2, 0.25) is 0 Å². The summed E-state index contributed by atoms with van der Waals surface area (Å²) in [6.07, 6.45) is 2.72. The fourth-order valence-electron chi connectivity index (χ4n) is 0.771. The SMILES string of the molecule is CC(C)=C(C)C#Cc1cncc(F)c1. The largest absolute Gasteiger partial charge is 0.260 e. The number of nitrogens with zero attached hydrogens (tertiary/aromatic N) is 1. The Hall–Kier alpha value is -1.62. The molecule has 0 amide bonds. The van der Waals surface area contributed by atoms with Crippen molar-refractivity contribution in [2.24, 2.45) is 0 Å². The van der Waals surface area contributed by atoms with E-state index in [1.807, 2.05) is 20.8 Å². The van der Waals surface area contributed by atoms with Crippen molar-refractivity contribution in [2.75, 3.05) is 0 Å². The summed E-state index contributed by atoms with van der Waals surface area (Å²) < 4.78 is 12.7. The fourth-order valence-corrected chi connectivity index (χ4v) is 0.771. The maximum absolute atomic E-state index is 12.7. The van der Waals surface area contributed by atoms with E-state index >= 15 is 0 Å². The zero-order valence-corrected chi connectivity index (χ0v) is 8.56. The van der Waals surface area contributed by atoms with E-state index in [2.05, 4.69) is 16.8 Å². The van der Waals surface area contributed by atoms with E-state index in [9.17, 15) is 4.39 Å². The number of rotatable bonds is 0. The highest BCUT2D eigenvalue weighted by molar-refractivity contribution is 5.39. The number of aromatic nitrogens is 1. The molecular weight excluding hydrogens is 177 g/mol. The van der Waals surface area contributed by atoms with Gasteiger partial charge in [0.25, 0.3) is 0 Å². The van der Waals surface area contributed by atoms with Crippen molar-refractivity contribution in [3.63, 3.8) is 0 Å². The quantitative estimate of drug-likeness (QED) is 0.572. The second kappa shape index (κ2) is 4.57. The Morgan fingerprint density at radius 1 is 1.29 bits per heavy atom. The van der Waals surface area contributed by atoms with Gasteiger partial charge in [0, 0.05) is 11.8 Å². The third-order valence-corrected chi connectivity index (χ3v) is 1.85. The van der Waals surface area contributed by atoms with Crippen LogP contribution in [0.3, 0.4) is 0 Å². The van der Waals surface area contributed by atoms with Crippen LogP contribution in [-0.2, 0) is 0 Å². The minimum atomic E-state index is -0.355. The van der Waals surface area contributed by atoms with Gasteiger partial charge in [0.05, 0.1) is 6.20 Å². The first kappa shape index (κ1) is 10.5. The minimum absolute atomic E-state index is 0.355. The highest BCUT2D eigenvalue weighted by Gasteiger charge is 1.91. The van der Waals surface area contributed by atoms with Gasteiger partial charge in [0.2, 0.25) is 0 Å². The van der Waals surface area contributed by atoms with E-state index in [-0.39, 0.29) is 5.82 Å². The summed E-state index contributed by atoms with van der Waals surface area (Å²) in [4.78, 5) is 3.71. The van der Waals surface area contributed by atoms with E-state index in [0.29, 0.717) is 5.56 Å². The van der Waals surface area contributed by atoms with Crippen LogP contribution in [0.1, 0.15) is 26.3 Å². The van der Waals surface area contributed by atoms with Gasteiger partial charge in [-0.05, 0) is 32.4 Å². The molecule has 2 heteroatoms. The lowest BCUT2D eigenvalue weighted by Crippen LogP contribution is -1.82. The van der Waals surface area contributed by atoms with Crippen molar-refractivity contribution in [3.05, 3.63) is 41.0 Å². The number of hydrogen-bond acceptors (Lipinski definition) is 1. The molecule has 0 aliphatic carbocycles. The molecule has 72 valence electrons. The number of halogens is 1. The van der Waals surface area contributed by atoms with Gasteiger partial charge < -0.3 is 0 Å². The summed E-state index contributed by atoms with van der Waals surface area (Å²) in [6, 6.07) is 1.37. The first-order chi connectivity index (χ1) is 6.59. The predicted octanol–water partition coefficient (Wildman–Crippen LogP) is 2.93. The second-order valence-corrected chi connectivity index (χ2v) is 3.27. The zero-order chi connectivity index (χ0) is 10.6. The van der Waals surface area contributed by atoms with Gasteiger partial charge in [-0.25, -0.2) is 4.39 Å². The van der Waals surface area contributed by atoms with Crippen molar-refractivity contribution < 1.29 is 4.39 Å². The molecule has 0 fully saturated rings. The molecule has 0 N–H and O–H groups in total. The van der Waals surface area contributed by atoms with Gasteiger partial charge in [0.15, 0.2) is 0 Å². The topological polar surface area (TPSA) is 12.9 Å². The lowest BCUT2D eigenvalue weighted by atomic mass is 10.1. The second-order valence-electron chi connectivity index (χ2n) is 3.27. The van der Waals surface area contributed by atoms with Crippen LogP contribution in [0.4, 0.5) is 4.39 Å². The predicted molar refractivity (Wildman–Crippen MR) is 55.1 cm³/mol. The maximum Gasteiger partial charge on any atom is 0.142 e. The molecule has 1 nitrogen and oxygen atoms in total. The van der Waals surface area contributed by atoms with E-state index in [0.717, 1.165) is 5.57 Å². The van der Waals surface area contributed by atoms with Crippen molar-refractivity contribution >= 4 is 0 Å². The Bertz CT molecular complexity index is 417. The molecule has 0 spiro atoms. The van der Waals surface area contributed by atoms with Crippen LogP contribution < -0.4 is 0 Å². The fraction of sp³-hybridized carbons (Fsp3) is 0.250. The summed E-state index contributed by atoms with van der Waals surface area (Å²) >= 11 is 0. The Balaban J connectivity index is 2.94. The smallest absolute Gasteiger partial charge is 0.142 e. The number of hydrogen-bond donors (Lipinski definition) is 0. The van der Waals surface area contributed by atoms with Crippen LogP contribution in [-0.4, -0.2) is 4.98 Å². The standard InChI is InChI=1S/C12H12FN/c1-9(2)10(3)4-5-11-6-12(13)8-14-7-11/h6-8H,1-3H3.